The Labute approximate surface area is 70.6 Å². The number of halogens is 1. The van der Waals surface area contributed by atoms with Crippen molar-refractivity contribution in [1.29, 1.82) is 0 Å². The Morgan fingerprint density at radius 1 is 1.42 bits per heavy atom. The summed E-state index contributed by atoms with van der Waals surface area (Å²) in [5, 5.41) is 0. The quantitative estimate of drug-likeness (QED) is 0.482. The van der Waals surface area contributed by atoms with Gasteiger partial charge in [-0.1, -0.05) is 0 Å². The van der Waals surface area contributed by atoms with Crippen molar-refractivity contribution >= 4 is 13.9 Å². The summed E-state index contributed by atoms with van der Waals surface area (Å²) in [6.45, 7) is 3.18. The average Bonchev–Trinajstić information content (AvgIpc) is 2.04. The van der Waals surface area contributed by atoms with Gasteiger partial charge in [-0.05, 0) is 13.8 Å². The van der Waals surface area contributed by atoms with Crippen LogP contribution in [0.1, 0.15) is 13.8 Å². The van der Waals surface area contributed by atoms with E-state index in [-0.39, 0.29) is 19.5 Å². The summed E-state index contributed by atoms with van der Waals surface area (Å²) < 4.78 is 33.1. The van der Waals surface area contributed by atoms with Crippen molar-refractivity contribution in [2.75, 3.05) is 13.2 Å². The van der Waals surface area contributed by atoms with Gasteiger partial charge in [-0.3, -0.25) is 9.36 Å². The Morgan fingerprint density at radius 2 is 1.83 bits per heavy atom. The van der Waals surface area contributed by atoms with Gasteiger partial charge >= 0.3 is 7.60 Å². The molecule has 0 spiro atoms. The SMILES string of the molecule is CCOP(=O)(OCC)C(F)C=O. The van der Waals surface area contributed by atoms with Gasteiger partial charge in [0.15, 0.2) is 6.29 Å². The van der Waals surface area contributed by atoms with Crippen LogP contribution in [0.2, 0.25) is 0 Å². The van der Waals surface area contributed by atoms with Crippen molar-refractivity contribution in [3.63, 3.8) is 0 Å². The third-order valence-corrected chi connectivity index (χ3v) is 2.99. The van der Waals surface area contributed by atoms with E-state index < -0.39 is 13.5 Å². The van der Waals surface area contributed by atoms with E-state index in [4.69, 9.17) is 0 Å². The fourth-order valence-electron chi connectivity index (χ4n) is 0.614. The summed E-state index contributed by atoms with van der Waals surface area (Å²) in [7, 11) is -3.85. The Bertz CT molecular complexity index is 174. The Hall–Kier alpha value is -0.250. The van der Waals surface area contributed by atoms with Gasteiger partial charge in [-0.15, -0.1) is 0 Å². The Morgan fingerprint density at radius 3 is 2.08 bits per heavy atom. The molecule has 0 amide bonds. The largest absolute Gasteiger partial charge is 0.371 e. The number of carbonyl (C=O) groups excluding carboxylic acids is 1. The predicted molar refractivity (Wildman–Crippen MR) is 41.8 cm³/mol. The molecule has 0 fully saturated rings. The van der Waals surface area contributed by atoms with Crippen LogP contribution in [0.5, 0.6) is 0 Å². The second-order valence-corrected chi connectivity index (χ2v) is 3.97. The first-order valence-corrected chi connectivity index (χ1v) is 5.20. The normalized spacial score (nSPS) is 14.2. The van der Waals surface area contributed by atoms with E-state index in [1.807, 2.05) is 0 Å². The van der Waals surface area contributed by atoms with Crippen molar-refractivity contribution in [1.82, 2.24) is 0 Å². The zero-order chi connectivity index (χ0) is 9.61. The second-order valence-electron chi connectivity index (χ2n) is 1.88. The Balaban J connectivity index is 4.37. The summed E-state index contributed by atoms with van der Waals surface area (Å²) in [6, 6.07) is 0. The molecule has 0 aliphatic rings. The smallest absolute Gasteiger partial charge is 0.307 e. The van der Waals surface area contributed by atoms with E-state index in [9.17, 15) is 13.8 Å². The minimum Gasteiger partial charge on any atom is -0.307 e. The summed E-state index contributed by atoms with van der Waals surface area (Å²) in [6.07, 6.45) is -0.0773. The fraction of sp³-hybridized carbons (Fsp3) is 0.833. The topological polar surface area (TPSA) is 52.6 Å². The van der Waals surface area contributed by atoms with Crippen LogP contribution in [0.4, 0.5) is 4.39 Å². The summed E-state index contributed by atoms with van der Waals surface area (Å²) in [5.74, 6) is -2.18. The van der Waals surface area contributed by atoms with Gasteiger partial charge in [0.2, 0.25) is 0 Å². The number of alkyl halides is 1. The molecule has 0 aliphatic carbocycles. The molecule has 0 saturated heterocycles. The molecule has 0 rings (SSSR count). The molecular weight excluding hydrogens is 186 g/mol. The van der Waals surface area contributed by atoms with Crippen LogP contribution in [0.3, 0.4) is 0 Å². The number of rotatable bonds is 6. The monoisotopic (exact) mass is 198 g/mol. The molecule has 0 aromatic heterocycles. The van der Waals surface area contributed by atoms with Gasteiger partial charge < -0.3 is 9.05 Å². The lowest BCUT2D eigenvalue weighted by molar-refractivity contribution is -0.110. The van der Waals surface area contributed by atoms with Crippen molar-refractivity contribution in [2.24, 2.45) is 0 Å². The molecule has 0 aromatic rings. The maximum atomic E-state index is 12.7. The zero-order valence-electron chi connectivity index (χ0n) is 7.03. The number of carbonyl (C=O) groups is 1. The first-order chi connectivity index (χ1) is 5.60. The zero-order valence-corrected chi connectivity index (χ0v) is 7.92. The standard InChI is InChI=1S/C6H12FO4P/c1-3-10-12(9,11-4-2)6(7)5-8/h5-6H,3-4H2,1-2H3. The second kappa shape index (κ2) is 5.41. The predicted octanol–water partition coefficient (Wildman–Crippen LogP) is 1.75. The lowest BCUT2D eigenvalue weighted by atomic mass is 10.9. The van der Waals surface area contributed by atoms with Crippen LogP contribution in [-0.2, 0) is 18.4 Å². The highest BCUT2D eigenvalue weighted by Crippen LogP contribution is 2.52. The highest BCUT2D eigenvalue weighted by molar-refractivity contribution is 7.55. The third kappa shape index (κ3) is 3.01. The minimum absolute atomic E-state index is 0.0472. The van der Waals surface area contributed by atoms with Crippen LogP contribution >= 0.6 is 7.60 Å². The first kappa shape index (κ1) is 11.8. The molecule has 0 bridgehead atoms. The van der Waals surface area contributed by atoms with Crippen LogP contribution in [0.15, 0.2) is 0 Å². The van der Waals surface area contributed by atoms with E-state index in [0.717, 1.165) is 0 Å². The van der Waals surface area contributed by atoms with E-state index in [2.05, 4.69) is 9.05 Å². The first-order valence-electron chi connectivity index (χ1n) is 3.58. The summed E-state index contributed by atoms with van der Waals surface area (Å²) in [4.78, 5) is 9.99. The van der Waals surface area contributed by atoms with Gasteiger partial charge in [0, 0.05) is 0 Å². The number of aldehydes is 1. The fourth-order valence-corrected chi connectivity index (χ4v) is 1.84. The minimum atomic E-state index is -3.85. The molecule has 0 radical (unpaired) electrons. The van der Waals surface area contributed by atoms with Crippen LogP contribution < -0.4 is 0 Å². The van der Waals surface area contributed by atoms with Crippen molar-refractivity contribution < 1.29 is 22.8 Å². The van der Waals surface area contributed by atoms with E-state index in [1.54, 1.807) is 13.8 Å². The highest BCUT2D eigenvalue weighted by atomic mass is 31.2. The van der Waals surface area contributed by atoms with Gasteiger partial charge in [-0.25, -0.2) is 4.39 Å². The lowest BCUT2D eigenvalue weighted by Gasteiger charge is -2.16. The molecular formula is C6H12FO4P. The molecule has 1 unspecified atom stereocenters. The molecule has 1 atom stereocenters. The summed E-state index contributed by atoms with van der Waals surface area (Å²) >= 11 is 0. The average molecular weight is 198 g/mol. The van der Waals surface area contributed by atoms with Gasteiger partial charge in [0.1, 0.15) is 0 Å². The van der Waals surface area contributed by atoms with Crippen molar-refractivity contribution in [3.8, 4) is 0 Å². The van der Waals surface area contributed by atoms with Crippen LogP contribution in [0.25, 0.3) is 0 Å². The number of hydrogen-bond donors (Lipinski definition) is 0. The molecule has 0 N–H and O–H groups in total. The van der Waals surface area contributed by atoms with E-state index in [1.165, 1.54) is 0 Å². The van der Waals surface area contributed by atoms with Crippen LogP contribution in [0, 0.1) is 0 Å². The number of hydrogen-bond acceptors (Lipinski definition) is 4. The van der Waals surface area contributed by atoms with Crippen molar-refractivity contribution in [3.05, 3.63) is 0 Å². The van der Waals surface area contributed by atoms with Gasteiger partial charge in [0.25, 0.3) is 5.91 Å². The van der Waals surface area contributed by atoms with E-state index >= 15 is 0 Å². The van der Waals surface area contributed by atoms with Crippen molar-refractivity contribution in [2.45, 2.75) is 19.8 Å². The molecule has 0 aromatic carbocycles. The third-order valence-electron chi connectivity index (χ3n) is 1.03. The van der Waals surface area contributed by atoms with Gasteiger partial charge in [0.05, 0.1) is 13.2 Å². The molecule has 6 heteroatoms. The van der Waals surface area contributed by atoms with E-state index in [0.29, 0.717) is 0 Å². The summed E-state index contributed by atoms with van der Waals surface area (Å²) in [5.41, 5.74) is 0. The molecule has 12 heavy (non-hydrogen) atoms. The lowest BCUT2D eigenvalue weighted by Crippen LogP contribution is -2.09. The highest BCUT2D eigenvalue weighted by Gasteiger charge is 2.35. The molecule has 0 saturated carbocycles. The molecule has 0 aliphatic heterocycles. The maximum absolute atomic E-state index is 12.7. The molecule has 72 valence electrons. The van der Waals surface area contributed by atoms with Crippen LogP contribution in [-0.4, -0.2) is 25.4 Å². The maximum Gasteiger partial charge on any atom is 0.371 e. The molecule has 4 nitrogen and oxygen atoms in total. The van der Waals surface area contributed by atoms with Gasteiger partial charge in [-0.2, -0.15) is 0 Å². The molecule has 0 heterocycles. The Kier molecular flexibility index (Phi) is 5.29.